The van der Waals surface area contributed by atoms with Gasteiger partial charge >= 0.3 is 0 Å². The fourth-order valence-electron chi connectivity index (χ4n) is 3.34. The Morgan fingerprint density at radius 3 is 2.56 bits per heavy atom. The van der Waals surface area contributed by atoms with Crippen molar-refractivity contribution in [1.82, 2.24) is 0 Å². The summed E-state index contributed by atoms with van der Waals surface area (Å²) in [4.78, 5) is 13.2. The largest absolute Gasteiger partial charge is 0.495 e. The van der Waals surface area contributed by atoms with Gasteiger partial charge in [-0.3, -0.25) is 4.79 Å². The van der Waals surface area contributed by atoms with Crippen molar-refractivity contribution in [3.05, 3.63) is 60.0 Å². The number of thiophene rings is 1. The average molecular weight is 475 g/mol. The van der Waals surface area contributed by atoms with Crippen molar-refractivity contribution in [2.75, 3.05) is 29.9 Å². The third kappa shape index (κ3) is 4.23. The van der Waals surface area contributed by atoms with Gasteiger partial charge in [0, 0.05) is 11.8 Å². The number of methoxy groups -OCH3 is 1. The molecular weight excluding hydrogens is 452 g/mol. The molecule has 4 rings (SSSR count). The van der Waals surface area contributed by atoms with Crippen molar-refractivity contribution < 1.29 is 27.4 Å². The molecule has 1 amide bonds. The lowest BCUT2D eigenvalue weighted by Crippen LogP contribution is -2.45. The lowest BCUT2D eigenvalue weighted by atomic mass is 10.2. The standard InChI is InChI=1S/C22H22N2O6S2/c1-15(22(25)23-16-9-10-19-20(14-16)30-12-11-29-19)24(17-6-3-4-7-18(17)28-2)32(26,27)21-8-5-13-31-21/h3-10,13-15H,11-12H2,1-2H3,(H,23,25)/t15-/m1/s1. The van der Waals surface area contributed by atoms with E-state index in [1.54, 1.807) is 53.9 Å². The van der Waals surface area contributed by atoms with Crippen LogP contribution in [0, 0.1) is 0 Å². The van der Waals surface area contributed by atoms with Crippen molar-refractivity contribution in [3.8, 4) is 17.2 Å². The summed E-state index contributed by atoms with van der Waals surface area (Å²) in [6, 6.07) is 13.8. The highest BCUT2D eigenvalue weighted by Gasteiger charge is 2.35. The van der Waals surface area contributed by atoms with E-state index in [1.807, 2.05) is 0 Å². The molecule has 0 unspecified atom stereocenters. The van der Waals surface area contributed by atoms with Gasteiger partial charge in [-0.2, -0.15) is 0 Å². The zero-order chi connectivity index (χ0) is 22.7. The Balaban J connectivity index is 1.68. The molecular formula is C22H22N2O6S2. The number of carbonyl (C=O) groups excluding carboxylic acids is 1. The van der Waals surface area contributed by atoms with Crippen molar-refractivity contribution >= 4 is 38.6 Å². The molecule has 1 atom stereocenters. The smallest absolute Gasteiger partial charge is 0.274 e. The molecule has 0 radical (unpaired) electrons. The van der Waals surface area contributed by atoms with Gasteiger partial charge in [-0.05, 0) is 42.6 Å². The number of fused-ring (bicyclic) bond motifs is 1. The minimum atomic E-state index is -4.03. The summed E-state index contributed by atoms with van der Waals surface area (Å²) in [7, 11) is -2.57. The minimum Gasteiger partial charge on any atom is -0.495 e. The van der Waals surface area contributed by atoms with Crippen LogP contribution in [0.1, 0.15) is 6.92 Å². The van der Waals surface area contributed by atoms with E-state index < -0.39 is 22.0 Å². The number of carbonyl (C=O) groups is 1. The van der Waals surface area contributed by atoms with E-state index >= 15 is 0 Å². The number of nitrogens with one attached hydrogen (secondary N) is 1. The first-order valence-corrected chi connectivity index (χ1v) is 12.2. The van der Waals surface area contributed by atoms with E-state index in [2.05, 4.69) is 5.32 Å². The van der Waals surface area contributed by atoms with E-state index in [0.717, 1.165) is 15.6 Å². The Morgan fingerprint density at radius 1 is 1.09 bits per heavy atom. The Hall–Kier alpha value is -3.24. The second-order valence-electron chi connectivity index (χ2n) is 6.93. The molecule has 2 aromatic carbocycles. The van der Waals surface area contributed by atoms with E-state index in [0.29, 0.717) is 36.1 Å². The molecule has 168 valence electrons. The summed E-state index contributed by atoms with van der Waals surface area (Å²) in [5, 5.41) is 4.45. The topological polar surface area (TPSA) is 94.2 Å². The van der Waals surface area contributed by atoms with E-state index in [-0.39, 0.29) is 9.90 Å². The monoisotopic (exact) mass is 474 g/mol. The van der Waals surface area contributed by atoms with Crippen LogP contribution in [0.4, 0.5) is 11.4 Å². The molecule has 8 nitrogen and oxygen atoms in total. The van der Waals surface area contributed by atoms with Gasteiger partial charge in [-0.25, -0.2) is 12.7 Å². The molecule has 0 saturated heterocycles. The molecule has 32 heavy (non-hydrogen) atoms. The molecule has 2 heterocycles. The van der Waals surface area contributed by atoms with Gasteiger partial charge in [0.05, 0.1) is 12.8 Å². The zero-order valence-corrected chi connectivity index (χ0v) is 19.1. The molecule has 0 aliphatic carbocycles. The molecule has 0 saturated carbocycles. The van der Waals surface area contributed by atoms with Crippen LogP contribution in [0.25, 0.3) is 0 Å². The fourth-order valence-corrected chi connectivity index (χ4v) is 6.05. The van der Waals surface area contributed by atoms with Crippen LogP contribution in [0.5, 0.6) is 17.2 Å². The highest BCUT2D eigenvalue weighted by molar-refractivity contribution is 7.94. The zero-order valence-electron chi connectivity index (χ0n) is 17.5. The van der Waals surface area contributed by atoms with Gasteiger partial charge in [-0.15, -0.1) is 11.3 Å². The molecule has 1 aliphatic heterocycles. The number of ether oxygens (including phenoxy) is 3. The Labute approximate surface area is 190 Å². The molecule has 0 spiro atoms. The summed E-state index contributed by atoms with van der Waals surface area (Å²) < 4.78 is 44.7. The first-order chi connectivity index (χ1) is 15.4. The summed E-state index contributed by atoms with van der Waals surface area (Å²) in [6.45, 7) is 2.41. The average Bonchev–Trinajstić information content (AvgIpc) is 3.35. The normalized spacial score (nSPS) is 13.8. The highest BCUT2D eigenvalue weighted by atomic mass is 32.2. The summed E-state index contributed by atoms with van der Waals surface area (Å²) in [5.74, 6) is 0.951. The van der Waals surface area contributed by atoms with Crippen LogP contribution < -0.4 is 23.8 Å². The van der Waals surface area contributed by atoms with Crippen molar-refractivity contribution in [1.29, 1.82) is 0 Å². The third-order valence-corrected chi connectivity index (χ3v) is 8.13. The maximum Gasteiger partial charge on any atom is 0.274 e. The predicted molar refractivity (Wildman–Crippen MR) is 123 cm³/mol. The van der Waals surface area contributed by atoms with Crippen LogP contribution in [0.2, 0.25) is 0 Å². The number of nitrogens with zero attached hydrogens (tertiary/aromatic N) is 1. The molecule has 0 fully saturated rings. The number of sulfonamides is 1. The van der Waals surface area contributed by atoms with E-state index in [1.165, 1.54) is 20.1 Å². The molecule has 1 aromatic heterocycles. The van der Waals surface area contributed by atoms with Crippen LogP contribution in [0.3, 0.4) is 0 Å². The Morgan fingerprint density at radius 2 is 1.84 bits per heavy atom. The number of hydrogen-bond acceptors (Lipinski definition) is 7. The van der Waals surface area contributed by atoms with Gasteiger partial charge in [0.1, 0.15) is 29.2 Å². The van der Waals surface area contributed by atoms with Crippen LogP contribution >= 0.6 is 11.3 Å². The van der Waals surface area contributed by atoms with Gasteiger partial charge in [0.25, 0.3) is 10.0 Å². The molecule has 10 heteroatoms. The molecule has 0 bridgehead atoms. The first kappa shape index (κ1) is 22.0. The highest BCUT2D eigenvalue weighted by Crippen LogP contribution is 2.36. The Kier molecular flexibility index (Phi) is 6.24. The van der Waals surface area contributed by atoms with Crippen molar-refractivity contribution in [2.45, 2.75) is 17.2 Å². The van der Waals surface area contributed by atoms with Crippen LogP contribution in [-0.4, -0.2) is 40.7 Å². The number of rotatable bonds is 7. The number of anilines is 2. The Bertz CT molecular complexity index is 1210. The molecule has 1 aliphatic rings. The SMILES string of the molecule is COc1ccccc1N([C@H](C)C(=O)Nc1ccc2c(c1)OCCO2)S(=O)(=O)c1cccs1. The predicted octanol–water partition coefficient (Wildman–Crippen LogP) is 3.75. The quantitative estimate of drug-likeness (QED) is 0.561. The van der Waals surface area contributed by atoms with Crippen LogP contribution in [0.15, 0.2) is 64.2 Å². The maximum atomic E-state index is 13.5. The molecule has 1 N–H and O–H groups in total. The van der Waals surface area contributed by atoms with Crippen molar-refractivity contribution in [3.63, 3.8) is 0 Å². The summed E-state index contributed by atoms with van der Waals surface area (Å²) in [6.07, 6.45) is 0. The summed E-state index contributed by atoms with van der Waals surface area (Å²) >= 11 is 1.08. The lowest BCUT2D eigenvalue weighted by molar-refractivity contribution is -0.116. The molecule has 3 aromatic rings. The van der Waals surface area contributed by atoms with Gasteiger partial charge in [-0.1, -0.05) is 18.2 Å². The lowest BCUT2D eigenvalue weighted by Gasteiger charge is -2.30. The third-order valence-electron chi connectivity index (χ3n) is 4.87. The van der Waals surface area contributed by atoms with Crippen LogP contribution in [-0.2, 0) is 14.8 Å². The van der Waals surface area contributed by atoms with E-state index in [9.17, 15) is 13.2 Å². The number of para-hydroxylation sites is 2. The second kappa shape index (κ2) is 9.09. The van der Waals surface area contributed by atoms with Crippen molar-refractivity contribution in [2.24, 2.45) is 0 Å². The first-order valence-electron chi connectivity index (χ1n) is 9.83. The van der Waals surface area contributed by atoms with E-state index in [4.69, 9.17) is 14.2 Å². The summed E-state index contributed by atoms with van der Waals surface area (Å²) in [5.41, 5.74) is 0.743. The minimum absolute atomic E-state index is 0.127. The van der Waals surface area contributed by atoms with Gasteiger partial charge in [0.15, 0.2) is 11.5 Å². The maximum absolute atomic E-state index is 13.5. The number of hydrogen-bond donors (Lipinski definition) is 1. The fraction of sp³-hybridized carbons (Fsp3) is 0.227. The van der Waals surface area contributed by atoms with Gasteiger partial charge in [0.2, 0.25) is 5.91 Å². The van der Waals surface area contributed by atoms with Gasteiger partial charge < -0.3 is 19.5 Å². The number of benzene rings is 2. The second-order valence-corrected chi connectivity index (χ2v) is 9.92. The number of amides is 1.